The van der Waals surface area contributed by atoms with Gasteiger partial charge in [0, 0.05) is 19.8 Å². The van der Waals surface area contributed by atoms with E-state index < -0.39 is 23.8 Å². The maximum absolute atomic E-state index is 12.7. The summed E-state index contributed by atoms with van der Waals surface area (Å²) in [4.78, 5) is 58.5. The van der Waals surface area contributed by atoms with Crippen LogP contribution in [-0.2, 0) is 19.1 Å². The van der Waals surface area contributed by atoms with Crippen LogP contribution in [-0.4, -0.2) is 74.4 Å². The Balaban J connectivity index is 0.000000777. The lowest BCUT2D eigenvalue weighted by Gasteiger charge is -2.24. The molecular formula is C26H42N4O7. The van der Waals surface area contributed by atoms with Crippen LogP contribution in [0.25, 0.3) is 0 Å². The summed E-state index contributed by atoms with van der Waals surface area (Å²) in [7, 11) is 0. The van der Waals surface area contributed by atoms with Crippen molar-refractivity contribution < 1.29 is 33.4 Å². The van der Waals surface area contributed by atoms with E-state index in [1.807, 2.05) is 12.2 Å². The number of carbonyl (C=O) groups excluding carboxylic acids is 5. The molecule has 1 aromatic carbocycles. The Labute approximate surface area is 219 Å². The second kappa shape index (κ2) is 20.8. The molecule has 11 nitrogen and oxygen atoms in total. The van der Waals surface area contributed by atoms with Crippen molar-refractivity contribution in [2.45, 2.75) is 65.8 Å². The van der Waals surface area contributed by atoms with Gasteiger partial charge in [0.25, 0.3) is 11.8 Å². The average molecular weight is 523 g/mol. The zero-order chi connectivity index (χ0) is 28.1. The fourth-order valence-corrected chi connectivity index (χ4v) is 3.26. The number of carbonyl (C=O) groups is 5. The van der Waals surface area contributed by atoms with Gasteiger partial charge in [0.05, 0.1) is 17.7 Å². The van der Waals surface area contributed by atoms with Crippen molar-refractivity contribution in [1.82, 2.24) is 15.5 Å². The maximum Gasteiger partial charge on any atom is 0.266 e. The Morgan fingerprint density at radius 2 is 1.73 bits per heavy atom. The molecule has 0 aromatic heterocycles. The molecule has 208 valence electrons. The largest absolute Gasteiger partial charge is 0.493 e. The molecule has 1 atom stereocenters. The van der Waals surface area contributed by atoms with Crippen LogP contribution in [0, 0.1) is 0 Å². The zero-order valence-corrected chi connectivity index (χ0v) is 22.4. The highest BCUT2D eigenvalue weighted by atomic mass is 16.5. The smallest absolute Gasteiger partial charge is 0.266 e. The molecule has 1 aliphatic rings. The maximum atomic E-state index is 12.7. The van der Waals surface area contributed by atoms with Crippen molar-refractivity contribution in [2.75, 3.05) is 32.9 Å². The molecular weight excluding hydrogens is 480 g/mol. The van der Waals surface area contributed by atoms with Gasteiger partial charge in [0.15, 0.2) is 0 Å². The first-order valence-corrected chi connectivity index (χ1v) is 12.7. The van der Waals surface area contributed by atoms with Gasteiger partial charge < -0.3 is 20.5 Å². The molecule has 0 aliphatic carbocycles. The fraction of sp³-hybridized carbons (Fsp3) is 0.577. The molecule has 1 heterocycles. The first-order chi connectivity index (χ1) is 17.9. The monoisotopic (exact) mass is 522 g/mol. The number of benzene rings is 1. The highest BCUT2D eigenvalue weighted by Crippen LogP contribution is 2.33. The van der Waals surface area contributed by atoms with Crippen molar-refractivity contribution in [2.24, 2.45) is 5.73 Å². The second-order valence-electron chi connectivity index (χ2n) is 7.91. The molecule has 2 rings (SSSR count). The molecule has 0 saturated carbocycles. The van der Waals surface area contributed by atoms with Gasteiger partial charge in [-0.2, -0.15) is 0 Å². The van der Waals surface area contributed by atoms with Crippen LogP contribution in [0.1, 0.15) is 80.5 Å². The first kappa shape index (κ1) is 33.7. The number of fused-ring (bicyclic) bond motifs is 1. The van der Waals surface area contributed by atoms with Crippen LogP contribution >= 0.6 is 0 Å². The van der Waals surface area contributed by atoms with Crippen LogP contribution in [0.15, 0.2) is 18.2 Å². The Hall–Kier alpha value is -3.31. The number of hydrogen-bond acceptors (Lipinski definition) is 8. The summed E-state index contributed by atoms with van der Waals surface area (Å²) in [5.74, 6) is -1.48. The minimum absolute atomic E-state index is 0.166. The van der Waals surface area contributed by atoms with E-state index in [2.05, 4.69) is 19.2 Å². The number of nitrogens with one attached hydrogen (secondary N) is 2. The van der Waals surface area contributed by atoms with E-state index in [4.69, 9.17) is 15.2 Å². The number of ether oxygens (including phenoxy) is 2. The van der Waals surface area contributed by atoms with E-state index in [0.29, 0.717) is 44.9 Å². The van der Waals surface area contributed by atoms with Crippen molar-refractivity contribution in [3.8, 4) is 5.75 Å². The number of rotatable bonds is 15. The lowest BCUT2D eigenvalue weighted by molar-refractivity contribution is -0.128. The van der Waals surface area contributed by atoms with Gasteiger partial charge in [-0.3, -0.25) is 34.2 Å². The predicted molar refractivity (Wildman–Crippen MR) is 140 cm³/mol. The second-order valence-corrected chi connectivity index (χ2v) is 7.91. The standard InChI is InChI=1S/C16H18N2O5.C7H16N2O2.C3H8/c1-3-6-11(14(20)17-9-19)18-15(21)10-7-5-8-12(23-4-2)13(10)16(18)22;8-3-1-5-11-6-2-4-9-7-10;1-3-2/h5,7-9,11H,3-4,6H2,1-2H3,(H,17,19,20);7H,1-6,8H2,(H,9,10);3H2,1-2H3. The molecule has 5 amide bonds. The summed E-state index contributed by atoms with van der Waals surface area (Å²) < 4.78 is 10.6. The molecule has 1 aliphatic heterocycles. The van der Waals surface area contributed by atoms with E-state index in [1.165, 1.54) is 12.5 Å². The quantitative estimate of drug-likeness (QED) is 0.179. The SMILES string of the molecule is CCC.CCCC(C(=O)NC=O)N1C(=O)c2cccc(OCC)c2C1=O.NCCCOCCCNC=O. The van der Waals surface area contributed by atoms with Gasteiger partial charge in [0.2, 0.25) is 18.7 Å². The molecule has 4 N–H and O–H groups in total. The molecule has 0 radical (unpaired) electrons. The van der Waals surface area contributed by atoms with Crippen LogP contribution in [0.2, 0.25) is 0 Å². The van der Waals surface area contributed by atoms with Gasteiger partial charge in [0.1, 0.15) is 11.8 Å². The third-order valence-electron chi connectivity index (χ3n) is 4.77. The number of nitrogens with two attached hydrogens (primary N) is 1. The van der Waals surface area contributed by atoms with Crippen LogP contribution in [0.4, 0.5) is 0 Å². The Bertz CT molecular complexity index is 848. The summed E-state index contributed by atoms with van der Waals surface area (Å²) in [5.41, 5.74) is 5.63. The molecule has 11 heteroatoms. The van der Waals surface area contributed by atoms with Crippen LogP contribution in [0.3, 0.4) is 0 Å². The summed E-state index contributed by atoms with van der Waals surface area (Å²) >= 11 is 0. The van der Waals surface area contributed by atoms with Crippen LogP contribution in [0.5, 0.6) is 5.75 Å². The van der Waals surface area contributed by atoms with Gasteiger partial charge in [-0.25, -0.2) is 0 Å². The minimum atomic E-state index is -1.02. The molecule has 0 bridgehead atoms. The van der Waals surface area contributed by atoms with Crippen molar-refractivity contribution in [1.29, 1.82) is 0 Å². The summed E-state index contributed by atoms with van der Waals surface area (Å²) in [6, 6.07) is 3.74. The number of imide groups is 2. The molecule has 1 unspecified atom stereocenters. The third kappa shape index (κ3) is 11.5. The van der Waals surface area contributed by atoms with Gasteiger partial charge in [-0.05, 0) is 44.9 Å². The van der Waals surface area contributed by atoms with Gasteiger partial charge >= 0.3 is 0 Å². The fourth-order valence-electron chi connectivity index (χ4n) is 3.26. The van der Waals surface area contributed by atoms with E-state index in [-0.39, 0.29) is 24.0 Å². The summed E-state index contributed by atoms with van der Waals surface area (Å²) in [6.45, 7) is 11.0. The Morgan fingerprint density at radius 3 is 2.30 bits per heavy atom. The Morgan fingerprint density at radius 1 is 1.05 bits per heavy atom. The van der Waals surface area contributed by atoms with E-state index in [1.54, 1.807) is 19.1 Å². The molecule has 0 fully saturated rings. The predicted octanol–water partition coefficient (Wildman–Crippen LogP) is 2.03. The average Bonchev–Trinajstić information content (AvgIpc) is 3.13. The van der Waals surface area contributed by atoms with Crippen molar-refractivity contribution in [3.05, 3.63) is 29.3 Å². The number of amides is 5. The third-order valence-corrected chi connectivity index (χ3v) is 4.77. The molecule has 0 spiro atoms. The zero-order valence-electron chi connectivity index (χ0n) is 22.4. The Kier molecular flexibility index (Phi) is 19.0. The van der Waals surface area contributed by atoms with Gasteiger partial charge in [-0.1, -0.05) is 39.7 Å². The lowest BCUT2D eigenvalue weighted by atomic mass is 10.1. The molecule has 0 saturated heterocycles. The van der Waals surface area contributed by atoms with Gasteiger partial charge in [-0.15, -0.1) is 0 Å². The molecule has 37 heavy (non-hydrogen) atoms. The van der Waals surface area contributed by atoms with Crippen molar-refractivity contribution in [3.63, 3.8) is 0 Å². The minimum Gasteiger partial charge on any atom is -0.493 e. The number of nitrogens with zero attached hydrogens (tertiary/aromatic N) is 1. The normalized spacial score (nSPS) is 12.3. The topological polar surface area (TPSA) is 157 Å². The van der Waals surface area contributed by atoms with E-state index in [0.717, 1.165) is 24.3 Å². The highest BCUT2D eigenvalue weighted by Gasteiger charge is 2.44. The van der Waals surface area contributed by atoms with E-state index in [9.17, 15) is 24.0 Å². The van der Waals surface area contributed by atoms with E-state index >= 15 is 0 Å². The van der Waals surface area contributed by atoms with Crippen LogP contribution < -0.4 is 21.1 Å². The first-order valence-electron chi connectivity index (χ1n) is 12.7. The molecule has 1 aromatic rings. The summed E-state index contributed by atoms with van der Waals surface area (Å²) in [6.07, 6.45) is 4.80. The lowest BCUT2D eigenvalue weighted by Crippen LogP contribution is -2.49. The highest BCUT2D eigenvalue weighted by molar-refractivity contribution is 6.24. The number of hydrogen-bond donors (Lipinski definition) is 3. The summed E-state index contributed by atoms with van der Waals surface area (Å²) in [5, 5.41) is 4.57. The van der Waals surface area contributed by atoms with Crippen molar-refractivity contribution >= 4 is 30.5 Å².